The van der Waals surface area contributed by atoms with Crippen LogP contribution in [-0.2, 0) is 4.74 Å². The van der Waals surface area contributed by atoms with Crippen LogP contribution in [-0.4, -0.2) is 19.8 Å². The summed E-state index contributed by atoms with van der Waals surface area (Å²) in [4.78, 5) is 0. The van der Waals surface area contributed by atoms with E-state index in [1.54, 1.807) is 0 Å². The van der Waals surface area contributed by atoms with Gasteiger partial charge in [0.25, 0.3) is 0 Å². The highest BCUT2D eigenvalue weighted by Gasteiger charge is 2.18. The van der Waals surface area contributed by atoms with Crippen molar-refractivity contribution in [3.05, 3.63) is 34.3 Å². The smallest absolute Gasteiger partial charge is 0.0576 e. The summed E-state index contributed by atoms with van der Waals surface area (Å²) >= 11 is 3.52. The van der Waals surface area contributed by atoms with Gasteiger partial charge in [-0.2, -0.15) is 0 Å². The second-order valence-corrected chi connectivity index (χ2v) is 5.52. The van der Waals surface area contributed by atoms with Gasteiger partial charge in [0.05, 0.1) is 6.10 Å². The van der Waals surface area contributed by atoms with Crippen molar-refractivity contribution in [2.24, 2.45) is 0 Å². The summed E-state index contributed by atoms with van der Waals surface area (Å²) in [5.41, 5.74) is 1.35. The van der Waals surface area contributed by atoms with Crippen LogP contribution in [0, 0.1) is 0 Å². The molecule has 94 valence electrons. The lowest BCUT2D eigenvalue weighted by Crippen LogP contribution is -2.18. The molecule has 0 aliphatic carbocycles. The highest BCUT2D eigenvalue weighted by Crippen LogP contribution is 2.25. The average molecular weight is 298 g/mol. The van der Waals surface area contributed by atoms with Gasteiger partial charge in [0.1, 0.15) is 0 Å². The zero-order valence-electron chi connectivity index (χ0n) is 10.3. The Morgan fingerprint density at radius 3 is 3.06 bits per heavy atom. The van der Waals surface area contributed by atoms with Crippen molar-refractivity contribution < 1.29 is 4.74 Å². The molecule has 17 heavy (non-hydrogen) atoms. The van der Waals surface area contributed by atoms with Crippen LogP contribution in [0.15, 0.2) is 28.7 Å². The van der Waals surface area contributed by atoms with Crippen molar-refractivity contribution in [2.75, 3.05) is 13.7 Å². The minimum atomic E-state index is 0.427. The van der Waals surface area contributed by atoms with E-state index in [-0.39, 0.29) is 0 Å². The third kappa shape index (κ3) is 3.80. The van der Waals surface area contributed by atoms with Crippen molar-refractivity contribution in [1.82, 2.24) is 5.32 Å². The first-order valence-electron chi connectivity index (χ1n) is 6.34. The summed E-state index contributed by atoms with van der Waals surface area (Å²) in [6, 6.07) is 8.96. The molecule has 1 aliphatic heterocycles. The van der Waals surface area contributed by atoms with E-state index in [0.717, 1.165) is 23.9 Å². The first kappa shape index (κ1) is 13.1. The van der Waals surface area contributed by atoms with Gasteiger partial charge in [0.2, 0.25) is 0 Å². The molecule has 0 aromatic heterocycles. The molecule has 2 rings (SSSR count). The maximum atomic E-state index is 5.67. The second-order valence-electron chi connectivity index (χ2n) is 4.61. The number of hydrogen-bond acceptors (Lipinski definition) is 2. The van der Waals surface area contributed by atoms with Gasteiger partial charge in [-0.3, -0.25) is 0 Å². The minimum absolute atomic E-state index is 0.427. The zero-order chi connectivity index (χ0) is 12.1. The SMILES string of the molecule is CNC(CCC1CCCO1)c1cccc(Br)c1. The molecule has 2 nitrogen and oxygen atoms in total. The molecule has 1 aromatic rings. The van der Waals surface area contributed by atoms with Crippen molar-refractivity contribution in [3.8, 4) is 0 Å². The van der Waals surface area contributed by atoms with Gasteiger partial charge >= 0.3 is 0 Å². The predicted octanol–water partition coefficient (Wildman–Crippen LogP) is 3.67. The molecule has 2 unspecified atom stereocenters. The molecule has 1 aromatic carbocycles. The molecule has 0 bridgehead atoms. The molecule has 1 aliphatic rings. The predicted molar refractivity (Wildman–Crippen MR) is 74.2 cm³/mol. The Labute approximate surface area is 112 Å². The fourth-order valence-corrected chi connectivity index (χ4v) is 2.84. The first-order chi connectivity index (χ1) is 8.29. The average Bonchev–Trinajstić information content (AvgIpc) is 2.83. The number of hydrogen-bond donors (Lipinski definition) is 1. The lowest BCUT2D eigenvalue weighted by molar-refractivity contribution is 0.0998. The molecule has 2 atom stereocenters. The standard InChI is InChI=1S/C14H20BrNO/c1-16-14(8-7-13-6-3-9-17-13)11-4-2-5-12(15)10-11/h2,4-5,10,13-14,16H,3,6-9H2,1H3. The summed E-state index contributed by atoms with van der Waals surface area (Å²) in [7, 11) is 2.03. The maximum Gasteiger partial charge on any atom is 0.0576 e. The van der Waals surface area contributed by atoms with E-state index in [0.29, 0.717) is 12.1 Å². The highest BCUT2D eigenvalue weighted by atomic mass is 79.9. The molecule has 0 amide bonds. The summed E-state index contributed by atoms with van der Waals surface area (Å²) in [6.45, 7) is 0.950. The molecular weight excluding hydrogens is 278 g/mol. The quantitative estimate of drug-likeness (QED) is 0.895. The largest absolute Gasteiger partial charge is 0.378 e. The summed E-state index contributed by atoms with van der Waals surface area (Å²) in [5.74, 6) is 0. The van der Waals surface area contributed by atoms with Crippen LogP contribution in [0.4, 0.5) is 0 Å². The van der Waals surface area contributed by atoms with Crippen LogP contribution in [0.3, 0.4) is 0 Å². The normalized spacial score (nSPS) is 21.6. The van der Waals surface area contributed by atoms with Crippen LogP contribution in [0.25, 0.3) is 0 Å². The molecule has 1 fully saturated rings. The molecule has 0 radical (unpaired) electrons. The monoisotopic (exact) mass is 297 g/mol. The van der Waals surface area contributed by atoms with Gasteiger partial charge in [-0.05, 0) is 50.4 Å². The van der Waals surface area contributed by atoms with E-state index in [4.69, 9.17) is 4.74 Å². The lowest BCUT2D eigenvalue weighted by atomic mass is 9.99. The van der Waals surface area contributed by atoms with Crippen molar-refractivity contribution >= 4 is 15.9 Å². The Bertz CT molecular complexity index is 350. The third-order valence-corrected chi connectivity index (χ3v) is 3.89. The van der Waals surface area contributed by atoms with Gasteiger partial charge in [-0.25, -0.2) is 0 Å². The molecule has 0 saturated carbocycles. The van der Waals surface area contributed by atoms with Crippen LogP contribution >= 0.6 is 15.9 Å². The Kier molecular flexibility index (Phi) is 5.01. The Hall–Kier alpha value is -0.380. The van der Waals surface area contributed by atoms with Crippen molar-refractivity contribution in [1.29, 1.82) is 0 Å². The molecular formula is C14H20BrNO. The van der Waals surface area contributed by atoms with Gasteiger partial charge in [0.15, 0.2) is 0 Å². The van der Waals surface area contributed by atoms with E-state index < -0.39 is 0 Å². The van der Waals surface area contributed by atoms with Crippen molar-refractivity contribution in [3.63, 3.8) is 0 Å². The van der Waals surface area contributed by atoms with Gasteiger partial charge in [-0.15, -0.1) is 0 Å². The summed E-state index contributed by atoms with van der Waals surface area (Å²) in [5, 5.41) is 3.39. The number of nitrogens with one attached hydrogen (secondary N) is 1. The zero-order valence-corrected chi connectivity index (χ0v) is 11.9. The van der Waals surface area contributed by atoms with E-state index in [1.807, 2.05) is 7.05 Å². The lowest BCUT2D eigenvalue weighted by Gasteiger charge is -2.19. The highest BCUT2D eigenvalue weighted by molar-refractivity contribution is 9.10. The fourth-order valence-electron chi connectivity index (χ4n) is 2.43. The molecule has 1 saturated heterocycles. The van der Waals surface area contributed by atoms with Gasteiger partial charge in [-0.1, -0.05) is 28.1 Å². The molecule has 1 N–H and O–H groups in total. The van der Waals surface area contributed by atoms with Crippen LogP contribution in [0.1, 0.15) is 37.3 Å². The number of ether oxygens (including phenoxy) is 1. The number of rotatable bonds is 5. The molecule has 0 spiro atoms. The van der Waals surface area contributed by atoms with Crippen LogP contribution < -0.4 is 5.32 Å². The van der Waals surface area contributed by atoms with E-state index in [9.17, 15) is 0 Å². The van der Waals surface area contributed by atoms with Crippen molar-refractivity contribution in [2.45, 2.75) is 37.8 Å². The maximum absolute atomic E-state index is 5.67. The number of halogens is 1. The Morgan fingerprint density at radius 1 is 1.53 bits per heavy atom. The van der Waals surface area contributed by atoms with E-state index >= 15 is 0 Å². The third-order valence-electron chi connectivity index (χ3n) is 3.40. The fraction of sp³-hybridized carbons (Fsp3) is 0.571. The first-order valence-corrected chi connectivity index (χ1v) is 7.13. The van der Waals surface area contributed by atoms with Crippen LogP contribution in [0.5, 0.6) is 0 Å². The van der Waals surface area contributed by atoms with Gasteiger partial charge < -0.3 is 10.1 Å². The summed E-state index contributed by atoms with van der Waals surface area (Å²) < 4.78 is 6.82. The van der Waals surface area contributed by atoms with Crippen LogP contribution in [0.2, 0.25) is 0 Å². The van der Waals surface area contributed by atoms with E-state index in [2.05, 4.69) is 45.5 Å². The number of benzene rings is 1. The van der Waals surface area contributed by atoms with E-state index in [1.165, 1.54) is 18.4 Å². The Morgan fingerprint density at radius 2 is 2.41 bits per heavy atom. The molecule has 3 heteroatoms. The Balaban J connectivity index is 1.91. The second kappa shape index (κ2) is 6.53. The topological polar surface area (TPSA) is 21.3 Å². The van der Waals surface area contributed by atoms with Gasteiger partial charge in [0, 0.05) is 17.1 Å². The summed E-state index contributed by atoms with van der Waals surface area (Å²) in [6.07, 6.45) is 5.23. The minimum Gasteiger partial charge on any atom is -0.378 e. The molecule has 1 heterocycles.